The summed E-state index contributed by atoms with van der Waals surface area (Å²) < 4.78 is 14.5. The number of hydrogen-bond acceptors (Lipinski definition) is 5. The molecule has 0 aliphatic rings. The molecule has 0 heterocycles. The van der Waals surface area contributed by atoms with Crippen LogP contribution in [0.2, 0.25) is 0 Å². The minimum atomic E-state index is -0.510. The van der Waals surface area contributed by atoms with Crippen molar-refractivity contribution in [1.82, 2.24) is 0 Å². The van der Waals surface area contributed by atoms with E-state index < -0.39 is 11.9 Å². The number of methoxy groups -OCH3 is 2. The first-order valence-corrected chi connectivity index (χ1v) is 5.91. The standard InChI is InChI=1S/C14H18O5/c1-9(2)10-5-6-12(19-8-13(15)17-3)11(7-10)14(16)18-4/h5-7,9H,8H2,1-4H3. The summed E-state index contributed by atoms with van der Waals surface area (Å²) in [5.74, 6) is -0.425. The summed E-state index contributed by atoms with van der Waals surface area (Å²) >= 11 is 0. The summed E-state index contributed by atoms with van der Waals surface area (Å²) in [4.78, 5) is 22.8. The van der Waals surface area contributed by atoms with Gasteiger partial charge in [-0.2, -0.15) is 0 Å². The van der Waals surface area contributed by atoms with Gasteiger partial charge in [0.15, 0.2) is 6.61 Å². The maximum Gasteiger partial charge on any atom is 0.343 e. The topological polar surface area (TPSA) is 61.8 Å². The Kier molecular flexibility index (Phi) is 5.36. The highest BCUT2D eigenvalue weighted by Crippen LogP contribution is 2.25. The summed E-state index contributed by atoms with van der Waals surface area (Å²) in [5.41, 5.74) is 1.29. The fraction of sp³-hybridized carbons (Fsp3) is 0.429. The highest BCUT2D eigenvalue weighted by Gasteiger charge is 2.16. The van der Waals surface area contributed by atoms with E-state index in [9.17, 15) is 9.59 Å². The molecule has 0 saturated carbocycles. The lowest BCUT2D eigenvalue weighted by Crippen LogP contribution is -2.15. The molecular weight excluding hydrogens is 248 g/mol. The van der Waals surface area contributed by atoms with Crippen LogP contribution in [0.5, 0.6) is 5.75 Å². The van der Waals surface area contributed by atoms with E-state index in [2.05, 4.69) is 4.74 Å². The number of hydrogen-bond donors (Lipinski definition) is 0. The highest BCUT2D eigenvalue weighted by molar-refractivity contribution is 5.92. The molecule has 1 rings (SSSR count). The molecule has 0 spiro atoms. The molecule has 19 heavy (non-hydrogen) atoms. The predicted molar refractivity (Wildman–Crippen MR) is 69.4 cm³/mol. The Morgan fingerprint density at radius 3 is 2.37 bits per heavy atom. The number of rotatable bonds is 5. The lowest BCUT2D eigenvalue weighted by molar-refractivity contribution is -0.142. The van der Waals surface area contributed by atoms with Gasteiger partial charge in [0.2, 0.25) is 0 Å². The predicted octanol–water partition coefficient (Wildman–Crippen LogP) is 2.15. The van der Waals surface area contributed by atoms with Gasteiger partial charge >= 0.3 is 11.9 Å². The van der Waals surface area contributed by atoms with Gasteiger partial charge in [0.05, 0.1) is 14.2 Å². The van der Waals surface area contributed by atoms with E-state index in [4.69, 9.17) is 9.47 Å². The molecule has 0 amide bonds. The molecule has 104 valence electrons. The van der Waals surface area contributed by atoms with Crippen LogP contribution in [0.4, 0.5) is 0 Å². The molecule has 0 aliphatic heterocycles. The molecule has 0 radical (unpaired) electrons. The first-order valence-electron chi connectivity index (χ1n) is 5.91. The van der Waals surface area contributed by atoms with Gasteiger partial charge in [0, 0.05) is 0 Å². The minimum Gasteiger partial charge on any atom is -0.481 e. The lowest BCUT2D eigenvalue weighted by atomic mass is 10.0. The smallest absolute Gasteiger partial charge is 0.343 e. The first kappa shape index (κ1) is 15.0. The van der Waals surface area contributed by atoms with Crippen molar-refractivity contribution in [2.24, 2.45) is 0 Å². The Hall–Kier alpha value is -2.04. The number of ether oxygens (including phenoxy) is 3. The Labute approximate surface area is 112 Å². The van der Waals surface area contributed by atoms with E-state index >= 15 is 0 Å². The van der Waals surface area contributed by atoms with E-state index in [1.807, 2.05) is 19.9 Å². The van der Waals surface area contributed by atoms with Crippen molar-refractivity contribution in [3.05, 3.63) is 29.3 Å². The van der Waals surface area contributed by atoms with Gasteiger partial charge in [-0.05, 0) is 23.6 Å². The van der Waals surface area contributed by atoms with E-state index in [1.54, 1.807) is 12.1 Å². The second-order valence-corrected chi connectivity index (χ2v) is 4.27. The number of benzene rings is 1. The molecule has 1 aromatic rings. The Balaban J connectivity index is 3.02. The maximum atomic E-state index is 11.7. The number of esters is 2. The Morgan fingerprint density at radius 2 is 1.84 bits per heavy atom. The zero-order valence-electron chi connectivity index (χ0n) is 11.6. The summed E-state index contributed by atoms with van der Waals surface area (Å²) in [6, 6.07) is 5.22. The van der Waals surface area contributed by atoms with Crippen molar-refractivity contribution >= 4 is 11.9 Å². The molecule has 0 saturated heterocycles. The van der Waals surface area contributed by atoms with Gasteiger partial charge in [0.1, 0.15) is 11.3 Å². The SMILES string of the molecule is COC(=O)COc1ccc(C(C)C)cc1C(=O)OC. The number of carbonyl (C=O) groups is 2. The highest BCUT2D eigenvalue weighted by atomic mass is 16.6. The normalized spacial score (nSPS) is 10.2. The second-order valence-electron chi connectivity index (χ2n) is 4.27. The van der Waals surface area contributed by atoms with Crippen LogP contribution in [0.1, 0.15) is 35.7 Å². The summed E-state index contributed by atoms with van der Waals surface area (Å²) in [6.07, 6.45) is 0. The van der Waals surface area contributed by atoms with Crippen molar-refractivity contribution in [3.63, 3.8) is 0 Å². The van der Waals surface area contributed by atoms with Crippen LogP contribution in [-0.2, 0) is 14.3 Å². The number of carbonyl (C=O) groups excluding carboxylic acids is 2. The monoisotopic (exact) mass is 266 g/mol. The van der Waals surface area contributed by atoms with Gasteiger partial charge in [-0.25, -0.2) is 9.59 Å². The molecule has 5 heteroatoms. The molecule has 0 atom stereocenters. The van der Waals surface area contributed by atoms with Crippen LogP contribution >= 0.6 is 0 Å². The zero-order valence-corrected chi connectivity index (χ0v) is 11.6. The fourth-order valence-electron chi connectivity index (χ4n) is 1.50. The molecule has 0 fully saturated rings. The summed E-state index contributed by atoms with van der Waals surface area (Å²) in [6.45, 7) is 3.79. The van der Waals surface area contributed by atoms with Crippen LogP contribution in [0.3, 0.4) is 0 Å². The molecule has 0 aromatic heterocycles. The van der Waals surface area contributed by atoms with Crippen LogP contribution in [0, 0.1) is 0 Å². The third kappa shape index (κ3) is 3.98. The van der Waals surface area contributed by atoms with E-state index in [0.29, 0.717) is 11.3 Å². The van der Waals surface area contributed by atoms with Crippen LogP contribution in [-0.4, -0.2) is 32.8 Å². The van der Waals surface area contributed by atoms with Crippen molar-refractivity contribution < 1.29 is 23.8 Å². The van der Waals surface area contributed by atoms with Gasteiger partial charge < -0.3 is 14.2 Å². The second kappa shape index (κ2) is 6.78. The molecule has 1 aromatic carbocycles. The Bertz CT molecular complexity index is 465. The van der Waals surface area contributed by atoms with E-state index in [-0.39, 0.29) is 12.5 Å². The molecule has 5 nitrogen and oxygen atoms in total. The fourth-order valence-corrected chi connectivity index (χ4v) is 1.50. The van der Waals surface area contributed by atoms with Crippen molar-refractivity contribution in [1.29, 1.82) is 0 Å². The molecular formula is C14H18O5. The maximum absolute atomic E-state index is 11.7. The van der Waals surface area contributed by atoms with Gasteiger partial charge in [-0.15, -0.1) is 0 Å². The first-order chi connectivity index (χ1) is 8.99. The van der Waals surface area contributed by atoms with Crippen molar-refractivity contribution in [2.45, 2.75) is 19.8 Å². The van der Waals surface area contributed by atoms with Crippen molar-refractivity contribution in [2.75, 3.05) is 20.8 Å². The zero-order chi connectivity index (χ0) is 14.4. The largest absolute Gasteiger partial charge is 0.481 e. The van der Waals surface area contributed by atoms with E-state index in [1.165, 1.54) is 14.2 Å². The average Bonchev–Trinajstić information content (AvgIpc) is 2.43. The average molecular weight is 266 g/mol. The third-order valence-corrected chi connectivity index (χ3v) is 2.65. The molecule has 0 unspecified atom stereocenters. The lowest BCUT2D eigenvalue weighted by Gasteiger charge is -2.12. The molecule has 0 N–H and O–H groups in total. The third-order valence-electron chi connectivity index (χ3n) is 2.65. The van der Waals surface area contributed by atoms with Gasteiger partial charge in [0.25, 0.3) is 0 Å². The molecule has 0 aliphatic carbocycles. The van der Waals surface area contributed by atoms with Crippen LogP contribution in [0.25, 0.3) is 0 Å². The van der Waals surface area contributed by atoms with Gasteiger partial charge in [-0.1, -0.05) is 19.9 Å². The van der Waals surface area contributed by atoms with Crippen LogP contribution in [0.15, 0.2) is 18.2 Å². The minimum absolute atomic E-state index is 0.248. The quantitative estimate of drug-likeness (QED) is 0.764. The summed E-state index contributed by atoms with van der Waals surface area (Å²) in [7, 11) is 2.57. The van der Waals surface area contributed by atoms with Crippen molar-refractivity contribution in [3.8, 4) is 5.75 Å². The van der Waals surface area contributed by atoms with Crippen LogP contribution < -0.4 is 4.74 Å². The summed E-state index contributed by atoms with van der Waals surface area (Å²) in [5, 5.41) is 0. The van der Waals surface area contributed by atoms with E-state index in [0.717, 1.165) is 5.56 Å². The molecule has 0 bridgehead atoms. The van der Waals surface area contributed by atoms with Gasteiger partial charge in [-0.3, -0.25) is 0 Å². The Morgan fingerprint density at radius 1 is 1.16 bits per heavy atom.